The second-order valence-corrected chi connectivity index (χ2v) is 12.1. The van der Waals surface area contributed by atoms with Gasteiger partial charge < -0.3 is 13.6 Å². The number of para-hydroxylation sites is 3. The van der Waals surface area contributed by atoms with Crippen molar-refractivity contribution < 1.29 is 4.42 Å². The largest absolute Gasteiger partial charge is 0.456 e. The minimum atomic E-state index is 0.897. The topological polar surface area (TPSA) is 23.0 Å². The fourth-order valence-electron chi connectivity index (χ4n) is 7.58. The van der Waals surface area contributed by atoms with E-state index in [0.29, 0.717) is 0 Å². The van der Waals surface area contributed by atoms with Gasteiger partial charge in [-0.15, -0.1) is 0 Å². The monoisotopic (exact) mass is 576 g/mol. The molecule has 1 aliphatic carbocycles. The molecule has 0 aliphatic heterocycles. The number of nitrogens with zero attached hydrogens (tertiary/aromatic N) is 2. The first-order valence-electron chi connectivity index (χ1n) is 15.7. The van der Waals surface area contributed by atoms with Gasteiger partial charge in [0.15, 0.2) is 0 Å². The van der Waals surface area contributed by atoms with Crippen molar-refractivity contribution in [3.63, 3.8) is 0 Å². The van der Waals surface area contributed by atoms with E-state index in [1.807, 2.05) is 0 Å². The van der Waals surface area contributed by atoms with E-state index in [1.54, 1.807) is 0 Å². The number of rotatable bonds is 3. The minimum Gasteiger partial charge on any atom is -0.456 e. The lowest BCUT2D eigenvalue weighted by molar-refractivity contribution is 0.668. The van der Waals surface area contributed by atoms with Gasteiger partial charge in [-0.25, -0.2) is 0 Å². The fraction of sp³-hybridized carbons (Fsp3) is 0.0476. The molecule has 0 atom stereocenters. The molecule has 3 aromatic heterocycles. The first-order chi connectivity index (χ1) is 22.3. The lowest BCUT2D eigenvalue weighted by Crippen LogP contribution is -2.03. The van der Waals surface area contributed by atoms with Crippen molar-refractivity contribution in [2.24, 2.45) is 0 Å². The van der Waals surface area contributed by atoms with Crippen LogP contribution in [0, 0.1) is 0 Å². The van der Waals surface area contributed by atoms with Crippen LogP contribution < -0.4 is 0 Å². The van der Waals surface area contributed by atoms with Crippen molar-refractivity contribution in [2.45, 2.75) is 12.8 Å². The molecular weight excluding hydrogens is 548 g/mol. The van der Waals surface area contributed by atoms with Crippen molar-refractivity contribution in [1.29, 1.82) is 0 Å². The van der Waals surface area contributed by atoms with Crippen LogP contribution in [0.5, 0.6) is 0 Å². The molecule has 0 spiro atoms. The van der Waals surface area contributed by atoms with E-state index >= 15 is 0 Å². The van der Waals surface area contributed by atoms with E-state index in [1.165, 1.54) is 60.8 Å². The summed E-state index contributed by atoms with van der Waals surface area (Å²) in [6.45, 7) is 0. The number of allylic oxidation sites excluding steroid dienone is 1. The Morgan fingerprint density at radius 2 is 1.16 bits per heavy atom. The van der Waals surface area contributed by atoms with Gasteiger partial charge in [-0.3, -0.25) is 0 Å². The first kappa shape index (κ1) is 24.6. The molecule has 3 heteroatoms. The highest BCUT2D eigenvalue weighted by Crippen LogP contribution is 2.38. The number of fused-ring (bicyclic) bond motifs is 9. The van der Waals surface area contributed by atoms with E-state index in [2.05, 4.69) is 155 Å². The van der Waals surface area contributed by atoms with Crippen LogP contribution in [0.3, 0.4) is 0 Å². The van der Waals surface area contributed by atoms with Crippen molar-refractivity contribution in [3.05, 3.63) is 151 Å². The molecule has 45 heavy (non-hydrogen) atoms. The Hall–Kier alpha value is -5.80. The van der Waals surface area contributed by atoms with Crippen LogP contribution in [0.1, 0.15) is 17.7 Å². The molecule has 10 rings (SSSR count). The number of furan rings is 1. The molecule has 0 fully saturated rings. The second kappa shape index (κ2) is 9.35. The lowest BCUT2D eigenvalue weighted by atomic mass is 10.0. The van der Waals surface area contributed by atoms with Gasteiger partial charge in [0.25, 0.3) is 0 Å². The van der Waals surface area contributed by atoms with E-state index in [-0.39, 0.29) is 0 Å². The molecule has 0 radical (unpaired) electrons. The maximum atomic E-state index is 6.48. The average molecular weight is 577 g/mol. The van der Waals surface area contributed by atoms with Gasteiger partial charge in [-0.05, 0) is 78.6 Å². The van der Waals surface area contributed by atoms with Gasteiger partial charge in [0, 0.05) is 55.6 Å². The summed E-state index contributed by atoms with van der Waals surface area (Å²) in [5.41, 5.74) is 12.9. The normalized spacial score (nSPS) is 13.1. The average Bonchev–Trinajstić information content (AvgIpc) is 3.75. The third kappa shape index (κ3) is 3.58. The minimum absolute atomic E-state index is 0.897. The molecule has 0 amide bonds. The maximum absolute atomic E-state index is 6.48. The molecule has 212 valence electrons. The lowest BCUT2D eigenvalue weighted by Gasteiger charge is -2.14. The van der Waals surface area contributed by atoms with Crippen LogP contribution in [-0.2, 0) is 6.42 Å². The maximum Gasteiger partial charge on any atom is 0.137 e. The number of benzene rings is 6. The highest BCUT2D eigenvalue weighted by molar-refractivity contribution is 6.10. The highest BCUT2D eigenvalue weighted by atomic mass is 16.3. The van der Waals surface area contributed by atoms with Gasteiger partial charge in [-0.2, -0.15) is 0 Å². The molecular formula is C42H28N2O. The van der Waals surface area contributed by atoms with Crippen LogP contribution in [-0.4, -0.2) is 9.13 Å². The van der Waals surface area contributed by atoms with Crippen LogP contribution in [0.25, 0.3) is 83.2 Å². The third-order valence-corrected chi connectivity index (χ3v) is 9.58. The molecule has 1 aliphatic rings. The summed E-state index contributed by atoms with van der Waals surface area (Å²) in [4.78, 5) is 0. The Bertz CT molecular complexity index is 2610. The number of aromatic nitrogens is 2. The predicted octanol–water partition coefficient (Wildman–Crippen LogP) is 11.3. The van der Waals surface area contributed by atoms with Crippen molar-refractivity contribution >= 4 is 60.7 Å². The number of hydrogen-bond donors (Lipinski definition) is 0. The predicted molar refractivity (Wildman–Crippen MR) is 188 cm³/mol. The van der Waals surface area contributed by atoms with E-state index in [4.69, 9.17) is 4.42 Å². The molecule has 0 unspecified atom stereocenters. The summed E-state index contributed by atoms with van der Waals surface area (Å²) in [6, 6.07) is 48.2. The van der Waals surface area contributed by atoms with Crippen LogP contribution in [0.15, 0.2) is 144 Å². The summed E-state index contributed by atoms with van der Waals surface area (Å²) >= 11 is 0. The Balaban J connectivity index is 1.10. The van der Waals surface area contributed by atoms with Gasteiger partial charge in [-0.1, -0.05) is 84.9 Å². The zero-order valence-corrected chi connectivity index (χ0v) is 24.6. The molecule has 9 aromatic rings. The van der Waals surface area contributed by atoms with Gasteiger partial charge in [0.2, 0.25) is 0 Å². The Labute approximate surface area is 259 Å². The van der Waals surface area contributed by atoms with Crippen LogP contribution >= 0.6 is 0 Å². The SMILES string of the molecule is C1=Cc2c(n(-c3cccc(-c4ccc5oc6cc(-n7c8ccccc8c8ccccc87)ccc6c5c4)c3)c3ccccc23)CC1. The molecule has 3 heterocycles. The van der Waals surface area contributed by atoms with Crippen LogP contribution in [0.2, 0.25) is 0 Å². The van der Waals surface area contributed by atoms with E-state index < -0.39 is 0 Å². The Morgan fingerprint density at radius 1 is 0.467 bits per heavy atom. The summed E-state index contributed by atoms with van der Waals surface area (Å²) < 4.78 is 11.3. The molecule has 3 nitrogen and oxygen atoms in total. The van der Waals surface area contributed by atoms with Crippen LogP contribution in [0.4, 0.5) is 0 Å². The fourth-order valence-corrected chi connectivity index (χ4v) is 7.58. The summed E-state index contributed by atoms with van der Waals surface area (Å²) in [7, 11) is 0. The van der Waals surface area contributed by atoms with Gasteiger partial charge >= 0.3 is 0 Å². The van der Waals surface area contributed by atoms with E-state index in [9.17, 15) is 0 Å². The Morgan fingerprint density at radius 3 is 1.96 bits per heavy atom. The summed E-state index contributed by atoms with van der Waals surface area (Å²) in [5, 5.41) is 6.10. The van der Waals surface area contributed by atoms with Crippen molar-refractivity contribution in [3.8, 4) is 22.5 Å². The van der Waals surface area contributed by atoms with E-state index in [0.717, 1.165) is 40.5 Å². The second-order valence-electron chi connectivity index (χ2n) is 12.1. The molecule has 0 N–H and O–H groups in total. The standard InChI is InChI=1S/C42H28N2O/c1-5-16-37-31(12-1)32-13-2-6-17-38(32)43(37)29-11-9-10-27(24-29)28-20-23-41-36(25-28)35-22-21-30(26-42(35)45-41)44-39-18-7-3-14-33(39)34-15-4-8-19-40(34)44/h1-5,7-16,18-26H,6,17H2. The zero-order chi connectivity index (χ0) is 29.5. The third-order valence-electron chi connectivity index (χ3n) is 9.58. The quantitative estimate of drug-likeness (QED) is 0.205. The first-order valence-corrected chi connectivity index (χ1v) is 15.7. The molecule has 0 saturated heterocycles. The smallest absolute Gasteiger partial charge is 0.137 e. The molecule has 0 saturated carbocycles. The summed E-state index contributed by atoms with van der Waals surface area (Å²) in [5.74, 6) is 0. The van der Waals surface area contributed by atoms with Crippen molar-refractivity contribution in [1.82, 2.24) is 9.13 Å². The zero-order valence-electron chi connectivity index (χ0n) is 24.6. The van der Waals surface area contributed by atoms with Gasteiger partial charge in [0.05, 0.1) is 16.6 Å². The number of hydrogen-bond acceptors (Lipinski definition) is 1. The van der Waals surface area contributed by atoms with Crippen molar-refractivity contribution in [2.75, 3.05) is 0 Å². The molecule has 6 aromatic carbocycles. The molecule has 0 bridgehead atoms. The Kier molecular flexibility index (Phi) is 5.11. The van der Waals surface area contributed by atoms with Gasteiger partial charge in [0.1, 0.15) is 11.2 Å². The highest BCUT2D eigenvalue weighted by Gasteiger charge is 2.19. The summed E-state index contributed by atoms with van der Waals surface area (Å²) in [6.07, 6.45) is 6.72.